The molecule has 0 aliphatic carbocycles. The van der Waals surface area contributed by atoms with Crippen molar-refractivity contribution in [2.24, 2.45) is 0 Å². The summed E-state index contributed by atoms with van der Waals surface area (Å²) in [6.07, 6.45) is 0. The Morgan fingerprint density at radius 2 is 0.653 bits per heavy atom. The highest BCUT2D eigenvalue weighted by atomic mass is 32.3. The predicted molar refractivity (Wildman–Crippen MR) is 315 cm³/mol. The Bertz CT molecular complexity index is 4220. The Labute approximate surface area is 438 Å². The van der Waals surface area contributed by atoms with Crippen LogP contribution in [0.25, 0.3) is 105 Å². The van der Waals surface area contributed by atoms with E-state index in [4.69, 9.17) is 4.42 Å². The summed E-state index contributed by atoms with van der Waals surface area (Å²) in [7, 11) is -2.28. The average Bonchev–Trinajstić information content (AvgIpc) is 4.05. The summed E-state index contributed by atoms with van der Waals surface area (Å²) >= 11 is 0. The lowest BCUT2D eigenvalue weighted by Crippen LogP contribution is -2.08. The summed E-state index contributed by atoms with van der Waals surface area (Å²) in [5.74, 6) is 0. The first kappa shape index (κ1) is 44.3. The molecule has 0 bridgehead atoms. The number of furan rings is 1. The number of fused-ring (bicyclic) bond motifs is 6. The van der Waals surface area contributed by atoms with Gasteiger partial charge in [-0.25, -0.2) is 0 Å². The Balaban J connectivity index is 1.10. The van der Waals surface area contributed by atoms with Crippen LogP contribution in [0.3, 0.4) is 0 Å². The van der Waals surface area contributed by atoms with Gasteiger partial charge in [0.15, 0.2) is 0 Å². The Kier molecular flexibility index (Phi) is 11.0. The summed E-state index contributed by atoms with van der Waals surface area (Å²) in [6, 6.07) is 110. The molecule has 0 fully saturated rings. The molecule has 0 saturated heterocycles. The largest absolute Gasteiger partial charge is 0.456 e. The van der Waals surface area contributed by atoms with E-state index in [2.05, 4.69) is 290 Å². The molecule has 14 aromatic rings. The summed E-state index contributed by atoms with van der Waals surface area (Å²) in [5.41, 5.74) is 16.9. The predicted octanol–water partition coefficient (Wildman–Crippen LogP) is 20.4. The zero-order chi connectivity index (χ0) is 49.7. The van der Waals surface area contributed by atoms with Gasteiger partial charge in [0.1, 0.15) is 11.2 Å². The molecule has 354 valence electrons. The monoisotopic (exact) mass is 975 g/mol. The van der Waals surface area contributed by atoms with Crippen molar-refractivity contribution in [2.45, 2.75) is 19.6 Å². The first-order chi connectivity index (χ1) is 37.2. The van der Waals surface area contributed by atoms with Gasteiger partial charge in [-0.05, 0) is 136 Å². The van der Waals surface area contributed by atoms with Crippen molar-refractivity contribution in [3.05, 3.63) is 297 Å². The van der Waals surface area contributed by atoms with Crippen molar-refractivity contribution < 1.29 is 4.42 Å². The van der Waals surface area contributed by atoms with Gasteiger partial charge in [0.2, 0.25) is 0 Å². The second-order valence-corrected chi connectivity index (χ2v) is 22.3. The van der Waals surface area contributed by atoms with Crippen LogP contribution in [-0.2, 0) is 0 Å². The van der Waals surface area contributed by atoms with Gasteiger partial charge in [0.25, 0.3) is 0 Å². The van der Waals surface area contributed by atoms with Crippen molar-refractivity contribution in [1.82, 2.24) is 4.57 Å². The zero-order valence-electron chi connectivity index (χ0n) is 41.1. The molecule has 2 heterocycles. The number of hydrogen-bond donors (Lipinski definition) is 0. The van der Waals surface area contributed by atoms with Gasteiger partial charge in [-0.15, -0.1) is 10.0 Å². The summed E-state index contributed by atoms with van der Waals surface area (Å²) < 4.78 is 8.81. The topological polar surface area (TPSA) is 18.1 Å². The number of nitrogens with zero attached hydrogens (tertiary/aromatic N) is 1. The van der Waals surface area contributed by atoms with Crippen LogP contribution in [0.2, 0.25) is 0 Å². The van der Waals surface area contributed by atoms with E-state index in [-0.39, 0.29) is 0 Å². The first-order valence-electron chi connectivity index (χ1n) is 25.6. The van der Waals surface area contributed by atoms with Crippen LogP contribution < -0.4 is 0 Å². The zero-order valence-corrected chi connectivity index (χ0v) is 41.9. The standard InChI is InChI=1S/C72H49NOS/c1-7-23-50(24-8-1)56-43-57(51-25-9-2-10-26-51)45-60(44-56)75(58-31-15-5-16-32-58,59-33-17-6-18-34-59)61-48-64(52-27-11-3-12-28-52)72(65(49-61)53-29-13-4-14-30-53)73-68-37-21-19-35-62(68)66-46-54(39-41-69(66)73)55-40-42-71-67(47-55)63-36-20-22-38-70(63)74-71/h1-49H. The third-order valence-corrected chi connectivity index (χ3v) is 18.7. The quantitative estimate of drug-likeness (QED) is 0.134. The third-order valence-electron chi connectivity index (χ3n) is 14.9. The van der Waals surface area contributed by atoms with E-state index in [0.717, 1.165) is 72.0 Å². The highest BCUT2D eigenvalue weighted by molar-refractivity contribution is 8.34. The number of benzene rings is 12. The van der Waals surface area contributed by atoms with Crippen molar-refractivity contribution in [1.29, 1.82) is 0 Å². The second-order valence-electron chi connectivity index (χ2n) is 19.2. The van der Waals surface area contributed by atoms with Gasteiger partial charge in [-0.1, -0.05) is 206 Å². The molecule has 2 nitrogen and oxygen atoms in total. The first-order valence-corrected chi connectivity index (χ1v) is 27.3. The lowest BCUT2D eigenvalue weighted by atomic mass is 9.95. The van der Waals surface area contributed by atoms with E-state index in [1.54, 1.807) is 0 Å². The summed E-state index contributed by atoms with van der Waals surface area (Å²) in [4.78, 5) is 5.03. The minimum atomic E-state index is -2.28. The highest BCUT2D eigenvalue weighted by Crippen LogP contribution is 2.75. The average molecular weight is 976 g/mol. The van der Waals surface area contributed by atoms with Gasteiger partial charge >= 0.3 is 0 Å². The molecule has 0 saturated carbocycles. The molecule has 0 radical (unpaired) electrons. The van der Waals surface area contributed by atoms with Gasteiger partial charge in [0, 0.05) is 52.3 Å². The lowest BCUT2D eigenvalue weighted by molar-refractivity contribution is 0.669. The van der Waals surface area contributed by atoms with Gasteiger partial charge < -0.3 is 8.98 Å². The molecular formula is C72H49NOS. The smallest absolute Gasteiger partial charge is 0.135 e. The maximum atomic E-state index is 6.27. The van der Waals surface area contributed by atoms with Gasteiger partial charge in [0.05, 0.1) is 16.7 Å². The molecule has 0 unspecified atom stereocenters. The molecule has 0 aliphatic heterocycles. The number of para-hydroxylation sites is 2. The van der Waals surface area contributed by atoms with E-state index >= 15 is 0 Å². The van der Waals surface area contributed by atoms with E-state index in [1.165, 1.54) is 52.6 Å². The Morgan fingerprint density at radius 3 is 1.21 bits per heavy atom. The molecular weight excluding hydrogens is 927 g/mol. The molecule has 0 N–H and O–H groups in total. The lowest BCUT2D eigenvalue weighted by Gasteiger charge is -2.43. The molecule has 2 aromatic heterocycles. The van der Waals surface area contributed by atoms with Gasteiger partial charge in [-0.2, -0.15) is 0 Å². The molecule has 14 rings (SSSR count). The minimum absolute atomic E-state index is 0.897. The maximum Gasteiger partial charge on any atom is 0.135 e. The molecule has 3 heteroatoms. The molecule has 12 aromatic carbocycles. The van der Waals surface area contributed by atoms with Crippen LogP contribution in [0.4, 0.5) is 0 Å². The second kappa shape index (κ2) is 18.6. The summed E-state index contributed by atoms with van der Waals surface area (Å²) in [5, 5.41) is 4.65. The van der Waals surface area contributed by atoms with Crippen LogP contribution in [-0.4, -0.2) is 4.57 Å². The maximum absolute atomic E-state index is 6.27. The van der Waals surface area contributed by atoms with E-state index in [0.29, 0.717) is 0 Å². The molecule has 0 aliphatic rings. The number of aromatic nitrogens is 1. The third kappa shape index (κ3) is 7.59. The van der Waals surface area contributed by atoms with Crippen LogP contribution in [0, 0.1) is 0 Å². The molecule has 0 atom stereocenters. The van der Waals surface area contributed by atoms with E-state index in [1.807, 2.05) is 12.1 Å². The van der Waals surface area contributed by atoms with Crippen molar-refractivity contribution in [2.75, 3.05) is 0 Å². The number of hydrogen-bond acceptors (Lipinski definition) is 1. The van der Waals surface area contributed by atoms with Gasteiger partial charge in [-0.3, -0.25) is 0 Å². The van der Waals surface area contributed by atoms with Crippen LogP contribution >= 0.6 is 10.0 Å². The Morgan fingerprint density at radius 1 is 0.240 bits per heavy atom. The van der Waals surface area contributed by atoms with Crippen LogP contribution in [0.5, 0.6) is 0 Å². The SMILES string of the molecule is c1ccc(-c2cc(-c3ccccc3)cc(S(c3ccccc3)(c3ccccc3)c3cc(-c4ccccc4)c(-n4c5ccccc5c5cc(-c6ccc7oc8ccccc8c7c6)ccc54)c(-c4ccccc4)c3)c2)cc1. The van der Waals surface area contributed by atoms with Crippen molar-refractivity contribution in [3.63, 3.8) is 0 Å². The van der Waals surface area contributed by atoms with E-state index < -0.39 is 10.0 Å². The highest BCUT2D eigenvalue weighted by Gasteiger charge is 2.36. The van der Waals surface area contributed by atoms with Crippen molar-refractivity contribution >= 4 is 53.8 Å². The van der Waals surface area contributed by atoms with E-state index in [9.17, 15) is 0 Å². The number of rotatable bonds is 10. The fraction of sp³-hybridized carbons (Fsp3) is 0. The molecule has 0 spiro atoms. The van der Waals surface area contributed by atoms with Crippen molar-refractivity contribution in [3.8, 4) is 61.3 Å². The minimum Gasteiger partial charge on any atom is -0.456 e. The Hall–Kier alpha value is -9.41. The molecule has 0 amide bonds. The fourth-order valence-corrected chi connectivity index (χ4v) is 15.4. The van der Waals surface area contributed by atoms with Crippen LogP contribution in [0.1, 0.15) is 0 Å². The van der Waals surface area contributed by atoms with Crippen LogP contribution in [0.15, 0.2) is 321 Å². The summed E-state index contributed by atoms with van der Waals surface area (Å²) in [6.45, 7) is 0. The molecule has 75 heavy (non-hydrogen) atoms. The normalized spacial score (nSPS) is 11.9. The fourth-order valence-electron chi connectivity index (χ4n) is 11.4.